The molecule has 1 saturated heterocycles. The number of aromatic nitrogens is 1. The number of rotatable bonds is 7. The number of para-hydroxylation sites is 1. The predicted molar refractivity (Wildman–Crippen MR) is 99.5 cm³/mol. The molecule has 0 radical (unpaired) electrons. The van der Waals surface area contributed by atoms with Crippen LogP contribution < -0.4 is 0 Å². The third-order valence-electron chi connectivity index (χ3n) is 4.66. The fraction of sp³-hybridized carbons (Fsp3) is 0.474. The van der Waals surface area contributed by atoms with Gasteiger partial charge < -0.3 is 14.2 Å². The minimum absolute atomic E-state index is 0.0211. The SMILES string of the molecule is COCCCOC(=O)c1cnc2ccccc2c1S(=O)(=O)C1CCOC1C. The van der Waals surface area contributed by atoms with Gasteiger partial charge in [0, 0.05) is 38.3 Å². The highest BCUT2D eigenvalue weighted by atomic mass is 32.2. The molecule has 0 N–H and O–H groups in total. The van der Waals surface area contributed by atoms with E-state index >= 15 is 0 Å². The van der Waals surface area contributed by atoms with Gasteiger partial charge in [0.1, 0.15) is 0 Å². The zero-order valence-electron chi connectivity index (χ0n) is 15.4. The number of benzene rings is 1. The van der Waals surface area contributed by atoms with E-state index < -0.39 is 27.2 Å². The van der Waals surface area contributed by atoms with E-state index in [1.807, 2.05) is 0 Å². The van der Waals surface area contributed by atoms with Crippen molar-refractivity contribution in [2.75, 3.05) is 26.9 Å². The summed E-state index contributed by atoms with van der Waals surface area (Å²) in [6, 6.07) is 6.88. The van der Waals surface area contributed by atoms with Crippen LogP contribution in [0.5, 0.6) is 0 Å². The second kappa shape index (κ2) is 8.33. The van der Waals surface area contributed by atoms with Crippen molar-refractivity contribution in [3.05, 3.63) is 36.0 Å². The number of ether oxygens (including phenoxy) is 3. The maximum Gasteiger partial charge on any atom is 0.341 e. The topological polar surface area (TPSA) is 91.8 Å². The highest BCUT2D eigenvalue weighted by Crippen LogP contribution is 2.33. The molecule has 1 aliphatic heterocycles. The molecule has 2 aromatic rings. The van der Waals surface area contributed by atoms with Crippen molar-refractivity contribution in [2.45, 2.75) is 36.0 Å². The molecule has 146 valence electrons. The second-order valence-electron chi connectivity index (χ2n) is 6.45. The number of carbonyl (C=O) groups is 1. The fourth-order valence-corrected chi connectivity index (χ4v) is 5.50. The standard InChI is InChI=1S/C19H23NO6S/c1-13-17(8-11-25-13)27(22,23)18-14-6-3-4-7-16(14)20-12-15(18)19(21)26-10-5-9-24-2/h3-4,6-7,12-13,17H,5,8-11H2,1-2H3. The summed E-state index contributed by atoms with van der Waals surface area (Å²) in [5.41, 5.74) is 0.476. The summed E-state index contributed by atoms with van der Waals surface area (Å²) >= 11 is 0. The van der Waals surface area contributed by atoms with Crippen molar-refractivity contribution in [3.63, 3.8) is 0 Å². The molecule has 0 spiro atoms. The van der Waals surface area contributed by atoms with E-state index in [2.05, 4.69) is 4.98 Å². The molecule has 3 rings (SSSR count). The number of sulfone groups is 1. The molecule has 0 saturated carbocycles. The van der Waals surface area contributed by atoms with E-state index in [0.717, 1.165) is 0 Å². The molecule has 2 unspecified atom stereocenters. The van der Waals surface area contributed by atoms with Crippen LogP contribution in [-0.2, 0) is 24.0 Å². The van der Waals surface area contributed by atoms with Gasteiger partial charge in [0.2, 0.25) is 0 Å². The van der Waals surface area contributed by atoms with Crippen molar-refractivity contribution < 1.29 is 27.4 Å². The van der Waals surface area contributed by atoms with Crippen LogP contribution in [0.4, 0.5) is 0 Å². The highest BCUT2D eigenvalue weighted by molar-refractivity contribution is 7.92. The number of carbonyl (C=O) groups excluding carboxylic acids is 1. The van der Waals surface area contributed by atoms with Crippen LogP contribution >= 0.6 is 0 Å². The molecule has 2 heterocycles. The minimum Gasteiger partial charge on any atom is -0.462 e. The van der Waals surface area contributed by atoms with Gasteiger partial charge in [0.15, 0.2) is 9.84 Å². The fourth-order valence-electron chi connectivity index (χ4n) is 3.28. The Kier molecular flexibility index (Phi) is 6.08. The first-order chi connectivity index (χ1) is 13.0. The third-order valence-corrected chi connectivity index (χ3v) is 7.09. The molecule has 7 nitrogen and oxygen atoms in total. The largest absolute Gasteiger partial charge is 0.462 e. The van der Waals surface area contributed by atoms with Crippen molar-refractivity contribution in [3.8, 4) is 0 Å². The number of fused-ring (bicyclic) bond motifs is 1. The Balaban J connectivity index is 2.06. The van der Waals surface area contributed by atoms with E-state index in [9.17, 15) is 13.2 Å². The number of pyridine rings is 1. The molecule has 27 heavy (non-hydrogen) atoms. The summed E-state index contributed by atoms with van der Waals surface area (Å²) in [5.74, 6) is -0.700. The van der Waals surface area contributed by atoms with Gasteiger partial charge in [0.25, 0.3) is 0 Å². The average molecular weight is 393 g/mol. The normalized spacial score (nSPS) is 20.1. The Morgan fingerprint density at radius 2 is 2.07 bits per heavy atom. The van der Waals surface area contributed by atoms with Crippen molar-refractivity contribution >= 4 is 26.7 Å². The zero-order chi connectivity index (χ0) is 19.4. The average Bonchev–Trinajstić information content (AvgIpc) is 3.11. The summed E-state index contributed by atoms with van der Waals surface area (Å²) in [4.78, 5) is 16.8. The third kappa shape index (κ3) is 3.97. The molecular weight excluding hydrogens is 370 g/mol. The summed E-state index contributed by atoms with van der Waals surface area (Å²) in [6.07, 6.45) is 1.77. The van der Waals surface area contributed by atoms with E-state index in [1.165, 1.54) is 6.20 Å². The Morgan fingerprint density at radius 1 is 1.30 bits per heavy atom. The molecule has 1 aliphatic rings. The number of nitrogens with zero attached hydrogens (tertiary/aromatic N) is 1. The van der Waals surface area contributed by atoms with Gasteiger partial charge in [-0.05, 0) is 19.4 Å². The molecule has 0 aliphatic carbocycles. The van der Waals surface area contributed by atoms with Gasteiger partial charge in [-0.2, -0.15) is 0 Å². The van der Waals surface area contributed by atoms with Crippen molar-refractivity contribution in [1.82, 2.24) is 4.98 Å². The molecule has 0 bridgehead atoms. The Bertz CT molecular complexity index is 927. The van der Waals surface area contributed by atoms with Crippen LogP contribution in [0.15, 0.2) is 35.4 Å². The molecule has 8 heteroatoms. The Hall–Kier alpha value is -2.03. The van der Waals surface area contributed by atoms with E-state index in [0.29, 0.717) is 37.0 Å². The number of methoxy groups -OCH3 is 1. The van der Waals surface area contributed by atoms with Gasteiger partial charge in [-0.25, -0.2) is 13.2 Å². The maximum absolute atomic E-state index is 13.4. The van der Waals surface area contributed by atoms with Crippen LogP contribution in [0.25, 0.3) is 10.9 Å². The van der Waals surface area contributed by atoms with E-state index in [1.54, 1.807) is 38.3 Å². The van der Waals surface area contributed by atoms with Crippen LogP contribution in [0.1, 0.15) is 30.1 Å². The lowest BCUT2D eigenvalue weighted by Gasteiger charge is -2.19. The molecule has 2 atom stereocenters. The molecular formula is C19H23NO6S. The lowest BCUT2D eigenvalue weighted by molar-refractivity contribution is 0.0463. The Morgan fingerprint density at radius 3 is 2.78 bits per heavy atom. The van der Waals surface area contributed by atoms with Crippen LogP contribution in [0.2, 0.25) is 0 Å². The van der Waals surface area contributed by atoms with Gasteiger partial charge in [0.05, 0.1) is 33.9 Å². The van der Waals surface area contributed by atoms with Crippen molar-refractivity contribution in [2.24, 2.45) is 0 Å². The summed E-state index contributed by atoms with van der Waals surface area (Å²) in [5, 5.41) is -0.286. The first kappa shape index (κ1) is 19.7. The lowest BCUT2D eigenvalue weighted by atomic mass is 10.1. The van der Waals surface area contributed by atoms with Crippen LogP contribution in [-0.4, -0.2) is 57.7 Å². The van der Waals surface area contributed by atoms with Gasteiger partial charge in [-0.15, -0.1) is 0 Å². The second-order valence-corrected chi connectivity index (χ2v) is 8.55. The summed E-state index contributed by atoms with van der Waals surface area (Å²) < 4.78 is 42.5. The summed E-state index contributed by atoms with van der Waals surface area (Å²) in [7, 11) is -2.26. The molecule has 1 aromatic carbocycles. The molecule has 0 amide bonds. The number of hydrogen-bond acceptors (Lipinski definition) is 7. The minimum atomic E-state index is -3.82. The lowest BCUT2D eigenvalue weighted by Crippen LogP contribution is -2.30. The monoisotopic (exact) mass is 393 g/mol. The van der Waals surface area contributed by atoms with Crippen LogP contribution in [0, 0.1) is 0 Å². The van der Waals surface area contributed by atoms with E-state index in [4.69, 9.17) is 14.2 Å². The molecule has 1 aromatic heterocycles. The smallest absolute Gasteiger partial charge is 0.341 e. The van der Waals surface area contributed by atoms with Crippen molar-refractivity contribution in [1.29, 1.82) is 0 Å². The summed E-state index contributed by atoms with van der Waals surface area (Å²) in [6.45, 7) is 2.71. The first-order valence-corrected chi connectivity index (χ1v) is 10.4. The zero-order valence-corrected chi connectivity index (χ0v) is 16.2. The number of hydrogen-bond donors (Lipinski definition) is 0. The highest BCUT2D eigenvalue weighted by Gasteiger charge is 2.40. The van der Waals surface area contributed by atoms with Gasteiger partial charge in [-0.3, -0.25) is 4.98 Å². The van der Waals surface area contributed by atoms with Gasteiger partial charge >= 0.3 is 5.97 Å². The maximum atomic E-state index is 13.4. The quantitative estimate of drug-likeness (QED) is 0.527. The molecule has 1 fully saturated rings. The first-order valence-electron chi connectivity index (χ1n) is 8.86. The van der Waals surface area contributed by atoms with Gasteiger partial charge in [-0.1, -0.05) is 18.2 Å². The van der Waals surface area contributed by atoms with Crippen LogP contribution in [0.3, 0.4) is 0 Å². The Labute approximate surface area is 158 Å². The number of esters is 1. The predicted octanol–water partition coefficient (Wildman–Crippen LogP) is 2.38. The van der Waals surface area contributed by atoms with E-state index in [-0.39, 0.29) is 17.1 Å².